The number of fused-ring (bicyclic) bond motifs is 4. The molecule has 7 rings (SSSR count). The van der Waals surface area contributed by atoms with Crippen molar-refractivity contribution in [2.75, 3.05) is 6.79 Å². The van der Waals surface area contributed by atoms with Crippen molar-refractivity contribution >= 4 is 5.97 Å². The molecule has 3 fully saturated rings. The highest BCUT2D eigenvalue weighted by molar-refractivity contribution is 5.79. The van der Waals surface area contributed by atoms with E-state index in [1.165, 1.54) is 0 Å². The van der Waals surface area contributed by atoms with Crippen LogP contribution in [0, 0.1) is 12.3 Å². The molecule has 7 nitrogen and oxygen atoms in total. The molecule has 1 aliphatic heterocycles. The number of aryl methyl sites for hydroxylation is 1. The van der Waals surface area contributed by atoms with Crippen molar-refractivity contribution in [2.24, 2.45) is 5.41 Å². The van der Waals surface area contributed by atoms with Crippen molar-refractivity contribution in [3.63, 3.8) is 0 Å². The molecule has 3 aliphatic carbocycles. The van der Waals surface area contributed by atoms with Crippen molar-refractivity contribution in [2.45, 2.75) is 50.9 Å². The van der Waals surface area contributed by atoms with E-state index >= 15 is 0 Å². The summed E-state index contributed by atoms with van der Waals surface area (Å²) in [7, 11) is 0. The summed E-state index contributed by atoms with van der Waals surface area (Å²) in [5, 5.41) is 9.76. The number of aromatic nitrogens is 3. The molecule has 1 aromatic carbocycles. The number of nitrogens with one attached hydrogen (secondary N) is 1. The smallest absolute Gasteiger partial charge is 0.309 e. The van der Waals surface area contributed by atoms with Crippen molar-refractivity contribution in [1.82, 2.24) is 15.0 Å². The third kappa shape index (κ3) is 2.83. The topological polar surface area (TPSA) is 97.3 Å². The number of rotatable bonds is 4. The molecule has 4 aliphatic rings. The van der Waals surface area contributed by atoms with E-state index in [-0.39, 0.29) is 12.2 Å². The fourth-order valence-electron chi connectivity index (χ4n) is 5.61. The number of benzene rings is 1. The Morgan fingerprint density at radius 3 is 2.47 bits per heavy atom. The number of nitrogens with zero attached hydrogens (tertiary/aromatic N) is 2. The highest BCUT2D eigenvalue weighted by atomic mass is 16.7. The van der Waals surface area contributed by atoms with Crippen LogP contribution in [0.4, 0.5) is 0 Å². The number of aliphatic carboxylic acids is 1. The minimum Gasteiger partial charge on any atom is -0.481 e. The van der Waals surface area contributed by atoms with Gasteiger partial charge in [0.05, 0.1) is 16.8 Å². The molecule has 164 valence electrons. The molecule has 0 amide bonds. The first-order valence-electron chi connectivity index (χ1n) is 11.2. The molecular formula is C25H25N3O4. The maximum absolute atomic E-state index is 11.9. The van der Waals surface area contributed by atoms with Crippen LogP contribution in [-0.2, 0) is 10.2 Å². The molecule has 2 aromatic heterocycles. The lowest BCUT2D eigenvalue weighted by Gasteiger charge is -2.50. The molecule has 3 aromatic rings. The van der Waals surface area contributed by atoms with E-state index in [1.54, 1.807) is 0 Å². The summed E-state index contributed by atoms with van der Waals surface area (Å²) in [4.78, 5) is 25.4. The van der Waals surface area contributed by atoms with E-state index in [1.807, 2.05) is 43.3 Å². The van der Waals surface area contributed by atoms with Gasteiger partial charge in [-0.3, -0.25) is 9.78 Å². The number of aromatic amines is 1. The number of ether oxygens (including phenoxy) is 2. The van der Waals surface area contributed by atoms with Crippen molar-refractivity contribution in [3.8, 4) is 34.1 Å². The molecule has 7 heteroatoms. The third-order valence-electron chi connectivity index (χ3n) is 7.70. The van der Waals surface area contributed by atoms with Gasteiger partial charge >= 0.3 is 5.97 Å². The van der Waals surface area contributed by atoms with E-state index in [4.69, 9.17) is 19.4 Å². The Labute approximate surface area is 185 Å². The van der Waals surface area contributed by atoms with E-state index in [0.29, 0.717) is 19.3 Å². The number of hydrogen-bond acceptors (Lipinski definition) is 5. The van der Waals surface area contributed by atoms with Crippen LogP contribution in [0.2, 0.25) is 0 Å². The van der Waals surface area contributed by atoms with Gasteiger partial charge in [-0.15, -0.1) is 0 Å². The van der Waals surface area contributed by atoms with Crippen LogP contribution < -0.4 is 9.47 Å². The van der Waals surface area contributed by atoms with Crippen LogP contribution >= 0.6 is 0 Å². The molecule has 0 unspecified atom stereocenters. The predicted molar refractivity (Wildman–Crippen MR) is 118 cm³/mol. The second-order valence-corrected chi connectivity index (χ2v) is 9.41. The molecule has 0 saturated heterocycles. The number of imidazole rings is 1. The second-order valence-electron chi connectivity index (χ2n) is 9.41. The fraction of sp³-hybridized carbons (Fsp3) is 0.400. The molecule has 3 saturated carbocycles. The number of pyridine rings is 1. The molecular weight excluding hydrogens is 406 g/mol. The Morgan fingerprint density at radius 2 is 1.75 bits per heavy atom. The number of hydrogen-bond donors (Lipinski definition) is 2. The fourth-order valence-corrected chi connectivity index (χ4v) is 5.61. The molecule has 2 N–H and O–H groups in total. The summed E-state index contributed by atoms with van der Waals surface area (Å²) in [6.07, 6.45) is 4.65. The monoisotopic (exact) mass is 431 g/mol. The van der Waals surface area contributed by atoms with Gasteiger partial charge in [-0.2, -0.15) is 0 Å². The Morgan fingerprint density at radius 1 is 1.00 bits per heavy atom. The highest BCUT2D eigenvalue weighted by Crippen LogP contribution is 2.57. The summed E-state index contributed by atoms with van der Waals surface area (Å²) in [6, 6.07) is 11.9. The Kier molecular flexibility index (Phi) is 4.12. The maximum Gasteiger partial charge on any atom is 0.309 e. The van der Waals surface area contributed by atoms with E-state index < -0.39 is 11.4 Å². The average Bonchev–Trinajstić information content (AvgIpc) is 3.47. The first kappa shape index (κ1) is 19.3. The zero-order valence-corrected chi connectivity index (χ0v) is 18.0. The minimum atomic E-state index is -0.643. The largest absolute Gasteiger partial charge is 0.481 e. The summed E-state index contributed by atoms with van der Waals surface area (Å²) < 4.78 is 11.1. The maximum atomic E-state index is 11.9. The Bertz CT molecular complexity index is 1210. The first-order chi connectivity index (χ1) is 15.5. The summed E-state index contributed by atoms with van der Waals surface area (Å²) in [6.45, 7) is 2.21. The number of carbonyl (C=O) groups is 1. The number of H-pyrrole nitrogens is 1. The number of carboxylic acids is 1. The van der Waals surface area contributed by atoms with E-state index in [9.17, 15) is 9.90 Å². The van der Waals surface area contributed by atoms with Crippen LogP contribution in [0.15, 0.2) is 36.4 Å². The SMILES string of the molecule is Cc1cccc(-c2nc(C34CCC(C(=O)O)(CC3)CC4)[nH]c2-c2ccc3c(c2)OCO3)n1. The summed E-state index contributed by atoms with van der Waals surface area (Å²) in [5.74, 6) is 1.77. The van der Waals surface area contributed by atoms with Gasteiger partial charge in [-0.05, 0) is 75.8 Å². The van der Waals surface area contributed by atoms with Crippen molar-refractivity contribution < 1.29 is 19.4 Å². The molecule has 32 heavy (non-hydrogen) atoms. The summed E-state index contributed by atoms with van der Waals surface area (Å²) >= 11 is 0. The summed E-state index contributed by atoms with van der Waals surface area (Å²) in [5.41, 5.74) is 3.80. The lowest BCUT2D eigenvalue weighted by molar-refractivity contribution is -0.156. The van der Waals surface area contributed by atoms with Crippen LogP contribution in [0.3, 0.4) is 0 Å². The first-order valence-corrected chi connectivity index (χ1v) is 11.2. The standard InChI is InChI=1S/C25H25N3O4/c1-15-3-2-4-17(26-15)21-20(16-5-6-18-19(13-16)32-14-31-18)27-22(28-21)24-7-10-25(11-8-24,12-9-24)23(29)30/h2-6,13H,7-12,14H2,1H3,(H,27,28)(H,29,30). The van der Waals surface area contributed by atoms with E-state index in [0.717, 1.165) is 64.9 Å². The minimum absolute atomic E-state index is 0.107. The molecule has 0 spiro atoms. The predicted octanol–water partition coefficient (Wildman–Crippen LogP) is 4.85. The van der Waals surface area contributed by atoms with Gasteiger partial charge in [0.1, 0.15) is 11.5 Å². The number of carboxylic acid groups (broad SMARTS) is 1. The van der Waals surface area contributed by atoms with Gasteiger partial charge in [0.2, 0.25) is 6.79 Å². The van der Waals surface area contributed by atoms with Gasteiger partial charge in [0.15, 0.2) is 11.5 Å². The zero-order chi connectivity index (χ0) is 21.9. The highest BCUT2D eigenvalue weighted by Gasteiger charge is 2.54. The van der Waals surface area contributed by atoms with Crippen LogP contribution in [0.1, 0.15) is 50.0 Å². The Balaban J connectivity index is 1.46. The van der Waals surface area contributed by atoms with Crippen molar-refractivity contribution in [1.29, 1.82) is 0 Å². The lowest BCUT2D eigenvalue weighted by atomic mass is 9.53. The second kappa shape index (κ2) is 6.82. The van der Waals surface area contributed by atoms with Gasteiger partial charge in [-0.25, -0.2) is 4.98 Å². The third-order valence-corrected chi connectivity index (χ3v) is 7.70. The normalized spacial score (nSPS) is 25.8. The van der Waals surface area contributed by atoms with Crippen LogP contribution in [-0.4, -0.2) is 32.8 Å². The van der Waals surface area contributed by atoms with Crippen LogP contribution in [0.25, 0.3) is 22.6 Å². The average molecular weight is 431 g/mol. The zero-order valence-electron chi connectivity index (χ0n) is 18.0. The van der Waals surface area contributed by atoms with Gasteiger partial charge in [0.25, 0.3) is 0 Å². The molecule has 0 radical (unpaired) electrons. The van der Waals surface area contributed by atoms with Gasteiger partial charge in [-0.1, -0.05) is 6.07 Å². The Hall–Kier alpha value is -3.35. The quantitative estimate of drug-likeness (QED) is 0.613. The van der Waals surface area contributed by atoms with Gasteiger partial charge in [0, 0.05) is 16.7 Å². The van der Waals surface area contributed by atoms with Crippen LogP contribution in [0.5, 0.6) is 11.5 Å². The van der Waals surface area contributed by atoms with E-state index in [2.05, 4.69) is 4.98 Å². The molecule has 2 bridgehead atoms. The molecule has 0 atom stereocenters. The molecule has 3 heterocycles. The lowest BCUT2D eigenvalue weighted by Crippen LogP contribution is -2.48. The van der Waals surface area contributed by atoms with Crippen molar-refractivity contribution in [3.05, 3.63) is 47.9 Å². The van der Waals surface area contributed by atoms with Gasteiger partial charge < -0.3 is 19.6 Å².